The molecular formula is C17H25N3O3. The number of morpholine rings is 1. The average molecular weight is 319 g/mol. The van der Waals surface area contributed by atoms with Crippen molar-refractivity contribution in [2.24, 2.45) is 5.73 Å². The summed E-state index contributed by atoms with van der Waals surface area (Å²) in [5.41, 5.74) is 5.86. The molecule has 6 nitrogen and oxygen atoms in total. The molecule has 0 radical (unpaired) electrons. The Balaban J connectivity index is 2.05. The number of amides is 2. The molecule has 6 heteroatoms. The zero-order valence-corrected chi connectivity index (χ0v) is 14.0. The lowest BCUT2D eigenvalue weighted by atomic mass is 10.0. The minimum absolute atomic E-state index is 0.0701. The van der Waals surface area contributed by atoms with Gasteiger partial charge >= 0.3 is 0 Å². The first-order chi connectivity index (χ1) is 10.8. The maximum atomic E-state index is 12.7. The largest absolute Gasteiger partial charge is 0.379 e. The lowest BCUT2D eigenvalue weighted by Crippen LogP contribution is -2.54. The van der Waals surface area contributed by atoms with Crippen molar-refractivity contribution < 1.29 is 14.3 Å². The van der Waals surface area contributed by atoms with Crippen molar-refractivity contribution >= 4 is 11.8 Å². The van der Waals surface area contributed by atoms with Crippen LogP contribution in [0.3, 0.4) is 0 Å². The van der Waals surface area contributed by atoms with Gasteiger partial charge in [0.1, 0.15) is 0 Å². The van der Waals surface area contributed by atoms with Gasteiger partial charge in [0.05, 0.1) is 13.2 Å². The number of nitrogens with two attached hydrogens (primary N) is 1. The number of benzene rings is 1. The van der Waals surface area contributed by atoms with Gasteiger partial charge in [-0.25, -0.2) is 0 Å². The lowest BCUT2D eigenvalue weighted by Gasteiger charge is -2.40. The number of hydrogen-bond donors (Lipinski definition) is 1. The SMILES string of the molecule is CN(C(=O)c1ccc(C(N)=O)cc1)C(C)(C)CN1CCOCC1. The van der Waals surface area contributed by atoms with Gasteiger partial charge in [-0.2, -0.15) is 0 Å². The summed E-state index contributed by atoms with van der Waals surface area (Å²) >= 11 is 0. The molecule has 0 bridgehead atoms. The number of carbonyl (C=O) groups is 2. The maximum Gasteiger partial charge on any atom is 0.254 e. The Hall–Kier alpha value is -1.92. The summed E-state index contributed by atoms with van der Waals surface area (Å²) in [6.45, 7) is 8.15. The number of carbonyl (C=O) groups excluding carboxylic acids is 2. The van der Waals surface area contributed by atoms with Crippen LogP contribution in [0.4, 0.5) is 0 Å². The van der Waals surface area contributed by atoms with Gasteiger partial charge < -0.3 is 15.4 Å². The Morgan fingerprint density at radius 3 is 2.22 bits per heavy atom. The summed E-state index contributed by atoms with van der Waals surface area (Å²) in [4.78, 5) is 27.8. The van der Waals surface area contributed by atoms with E-state index in [0.29, 0.717) is 11.1 Å². The fourth-order valence-corrected chi connectivity index (χ4v) is 2.66. The number of hydrogen-bond acceptors (Lipinski definition) is 4. The first-order valence-corrected chi connectivity index (χ1v) is 7.79. The number of primary amides is 1. The van der Waals surface area contributed by atoms with Gasteiger partial charge in [-0.3, -0.25) is 14.5 Å². The maximum absolute atomic E-state index is 12.7. The van der Waals surface area contributed by atoms with E-state index in [-0.39, 0.29) is 11.4 Å². The van der Waals surface area contributed by atoms with E-state index in [0.717, 1.165) is 32.8 Å². The van der Waals surface area contributed by atoms with Gasteiger partial charge in [0.25, 0.3) is 5.91 Å². The van der Waals surface area contributed by atoms with Gasteiger partial charge in [0, 0.05) is 43.3 Å². The van der Waals surface area contributed by atoms with Crippen LogP contribution in [-0.2, 0) is 4.74 Å². The van der Waals surface area contributed by atoms with E-state index in [4.69, 9.17) is 10.5 Å². The highest BCUT2D eigenvalue weighted by Gasteiger charge is 2.31. The van der Waals surface area contributed by atoms with E-state index >= 15 is 0 Å². The second-order valence-corrected chi connectivity index (χ2v) is 6.51. The average Bonchev–Trinajstić information content (AvgIpc) is 2.54. The molecule has 2 rings (SSSR count). The lowest BCUT2D eigenvalue weighted by molar-refractivity contribution is 0.0105. The zero-order valence-electron chi connectivity index (χ0n) is 14.0. The molecule has 126 valence electrons. The first kappa shape index (κ1) is 17.4. The summed E-state index contributed by atoms with van der Waals surface area (Å²) < 4.78 is 5.36. The molecule has 1 fully saturated rings. The number of nitrogens with zero attached hydrogens (tertiary/aromatic N) is 2. The van der Waals surface area contributed by atoms with Crippen LogP contribution in [0.1, 0.15) is 34.6 Å². The van der Waals surface area contributed by atoms with Crippen molar-refractivity contribution in [2.75, 3.05) is 39.9 Å². The summed E-state index contributed by atoms with van der Waals surface area (Å²) in [6.07, 6.45) is 0. The predicted molar refractivity (Wildman–Crippen MR) is 88.4 cm³/mol. The number of rotatable bonds is 5. The van der Waals surface area contributed by atoms with Crippen molar-refractivity contribution in [1.82, 2.24) is 9.80 Å². The first-order valence-electron chi connectivity index (χ1n) is 7.79. The van der Waals surface area contributed by atoms with Gasteiger partial charge in [0.15, 0.2) is 0 Å². The highest BCUT2D eigenvalue weighted by molar-refractivity contribution is 5.97. The van der Waals surface area contributed by atoms with E-state index in [2.05, 4.69) is 18.7 Å². The third-order valence-corrected chi connectivity index (χ3v) is 4.34. The Kier molecular flexibility index (Phi) is 5.38. The van der Waals surface area contributed by atoms with Crippen molar-refractivity contribution in [3.8, 4) is 0 Å². The highest BCUT2D eigenvalue weighted by atomic mass is 16.5. The molecule has 1 heterocycles. The molecule has 0 aliphatic carbocycles. The molecule has 1 saturated heterocycles. The van der Waals surface area contributed by atoms with Crippen LogP contribution < -0.4 is 5.73 Å². The van der Waals surface area contributed by atoms with Crippen LogP contribution in [0, 0.1) is 0 Å². The van der Waals surface area contributed by atoms with Crippen LogP contribution in [-0.4, -0.2) is 67.0 Å². The van der Waals surface area contributed by atoms with Crippen LogP contribution in [0.5, 0.6) is 0 Å². The Morgan fingerprint density at radius 1 is 1.17 bits per heavy atom. The molecular weight excluding hydrogens is 294 g/mol. The van der Waals surface area contributed by atoms with E-state index in [1.165, 1.54) is 0 Å². The van der Waals surface area contributed by atoms with Crippen molar-refractivity contribution in [3.63, 3.8) is 0 Å². The van der Waals surface area contributed by atoms with E-state index < -0.39 is 5.91 Å². The Labute approximate surface area is 137 Å². The topological polar surface area (TPSA) is 75.9 Å². The summed E-state index contributed by atoms with van der Waals surface area (Å²) in [7, 11) is 1.81. The zero-order chi connectivity index (χ0) is 17.0. The van der Waals surface area contributed by atoms with Crippen molar-refractivity contribution in [1.29, 1.82) is 0 Å². The van der Waals surface area contributed by atoms with Crippen LogP contribution in [0.25, 0.3) is 0 Å². The molecule has 23 heavy (non-hydrogen) atoms. The smallest absolute Gasteiger partial charge is 0.254 e. The third kappa shape index (κ3) is 4.30. The van der Waals surface area contributed by atoms with Gasteiger partial charge in [-0.05, 0) is 38.1 Å². The second kappa shape index (κ2) is 7.10. The quantitative estimate of drug-likeness (QED) is 0.877. The molecule has 1 aliphatic rings. The molecule has 2 amide bonds. The monoisotopic (exact) mass is 319 g/mol. The van der Waals surface area contributed by atoms with E-state index in [9.17, 15) is 9.59 Å². The third-order valence-electron chi connectivity index (χ3n) is 4.34. The number of likely N-dealkylation sites (N-methyl/N-ethyl adjacent to an activating group) is 1. The molecule has 1 aromatic carbocycles. The fraction of sp³-hybridized carbons (Fsp3) is 0.529. The molecule has 0 aromatic heterocycles. The van der Waals surface area contributed by atoms with Crippen molar-refractivity contribution in [2.45, 2.75) is 19.4 Å². The fourth-order valence-electron chi connectivity index (χ4n) is 2.66. The predicted octanol–water partition coefficient (Wildman–Crippen LogP) is 0.968. The molecule has 2 N–H and O–H groups in total. The van der Waals surface area contributed by atoms with Crippen LogP contribution in [0.15, 0.2) is 24.3 Å². The standard InChI is InChI=1S/C17H25N3O3/c1-17(2,12-20-8-10-23-11-9-20)19(3)16(22)14-6-4-13(5-7-14)15(18)21/h4-7H,8-12H2,1-3H3,(H2,18,21). The number of ether oxygens (including phenoxy) is 1. The molecule has 1 aliphatic heterocycles. The summed E-state index contributed by atoms with van der Waals surface area (Å²) in [5, 5.41) is 0. The minimum atomic E-state index is -0.495. The molecule has 0 saturated carbocycles. The second-order valence-electron chi connectivity index (χ2n) is 6.51. The molecule has 0 unspecified atom stereocenters. The minimum Gasteiger partial charge on any atom is -0.379 e. The van der Waals surface area contributed by atoms with Crippen LogP contribution >= 0.6 is 0 Å². The van der Waals surface area contributed by atoms with Gasteiger partial charge in [0.2, 0.25) is 5.91 Å². The summed E-state index contributed by atoms with van der Waals surface area (Å²) in [6, 6.07) is 6.45. The molecule has 0 spiro atoms. The van der Waals surface area contributed by atoms with Crippen molar-refractivity contribution in [3.05, 3.63) is 35.4 Å². The Bertz CT molecular complexity index is 563. The Morgan fingerprint density at radius 2 is 1.70 bits per heavy atom. The molecule has 0 atom stereocenters. The van der Waals surface area contributed by atoms with Gasteiger partial charge in [-0.1, -0.05) is 0 Å². The van der Waals surface area contributed by atoms with Crippen LogP contribution in [0.2, 0.25) is 0 Å². The van der Waals surface area contributed by atoms with E-state index in [1.807, 2.05) is 7.05 Å². The van der Waals surface area contributed by atoms with Gasteiger partial charge in [-0.15, -0.1) is 0 Å². The van der Waals surface area contributed by atoms with E-state index in [1.54, 1.807) is 29.2 Å². The highest BCUT2D eigenvalue weighted by Crippen LogP contribution is 2.18. The molecule has 1 aromatic rings. The normalized spacial score (nSPS) is 16.1. The summed E-state index contributed by atoms with van der Waals surface area (Å²) in [5.74, 6) is -0.565.